The summed E-state index contributed by atoms with van der Waals surface area (Å²) in [6.45, 7) is 3.84. The van der Waals surface area contributed by atoms with Crippen LogP contribution in [0.4, 0.5) is 24.5 Å². The van der Waals surface area contributed by atoms with Crippen LogP contribution < -0.4 is 11.1 Å². The van der Waals surface area contributed by atoms with E-state index in [1.54, 1.807) is 32.0 Å². The number of nitrogen functional groups attached to an aromatic ring is 1. The van der Waals surface area contributed by atoms with Crippen molar-refractivity contribution in [2.24, 2.45) is 0 Å². The maximum atomic E-state index is 13.0. The quantitative estimate of drug-likeness (QED) is 0.733. The van der Waals surface area contributed by atoms with Gasteiger partial charge < -0.3 is 16.2 Å². The Kier molecular flexibility index (Phi) is 4.81. The van der Waals surface area contributed by atoms with Gasteiger partial charge in [0.25, 0.3) is 5.91 Å². The third kappa shape index (κ3) is 3.76. The Morgan fingerprint density at radius 2 is 1.68 bits per heavy atom. The molecule has 0 radical (unpaired) electrons. The van der Waals surface area contributed by atoms with E-state index in [-0.39, 0.29) is 5.56 Å². The van der Waals surface area contributed by atoms with Crippen LogP contribution in [0.15, 0.2) is 36.4 Å². The molecule has 1 atom stereocenters. The van der Waals surface area contributed by atoms with Gasteiger partial charge in [-0.15, -0.1) is 0 Å². The van der Waals surface area contributed by atoms with Crippen LogP contribution in [-0.2, 0) is 5.60 Å². The van der Waals surface area contributed by atoms with E-state index in [9.17, 15) is 23.1 Å². The number of aliphatic hydroxyl groups is 1. The molecule has 0 aliphatic carbocycles. The number of alkyl halides is 3. The van der Waals surface area contributed by atoms with Gasteiger partial charge in [0.2, 0.25) is 0 Å². The molecule has 25 heavy (non-hydrogen) atoms. The zero-order chi connectivity index (χ0) is 19.0. The molecule has 4 nitrogen and oxygen atoms in total. The fourth-order valence-electron chi connectivity index (χ4n) is 2.47. The fourth-order valence-corrected chi connectivity index (χ4v) is 2.47. The number of carbonyl (C=O) groups is 1. The summed E-state index contributed by atoms with van der Waals surface area (Å²) in [5, 5.41) is 12.5. The van der Waals surface area contributed by atoms with Gasteiger partial charge in [-0.3, -0.25) is 4.79 Å². The summed E-state index contributed by atoms with van der Waals surface area (Å²) in [6, 6.07) is 8.79. The highest BCUT2D eigenvalue weighted by atomic mass is 19.4. The maximum absolute atomic E-state index is 13.0. The minimum absolute atomic E-state index is 0.281. The molecule has 2 rings (SSSR count). The van der Waals surface area contributed by atoms with Gasteiger partial charge in [-0.25, -0.2) is 0 Å². The molecule has 7 heteroatoms. The Labute approximate surface area is 143 Å². The molecule has 0 bridgehead atoms. The van der Waals surface area contributed by atoms with Crippen molar-refractivity contribution in [1.29, 1.82) is 0 Å². The van der Waals surface area contributed by atoms with Crippen LogP contribution >= 0.6 is 0 Å². The first-order valence-corrected chi connectivity index (χ1v) is 7.51. The summed E-state index contributed by atoms with van der Waals surface area (Å²) in [7, 11) is 0. The molecule has 2 aromatic carbocycles. The van der Waals surface area contributed by atoms with Crippen LogP contribution in [0.2, 0.25) is 0 Å². The van der Waals surface area contributed by atoms with Crippen LogP contribution in [0.1, 0.15) is 34.0 Å². The predicted octanol–water partition coefficient (Wildman–Crippen LogP) is 3.91. The summed E-state index contributed by atoms with van der Waals surface area (Å²) < 4.78 is 39.1. The molecule has 0 spiro atoms. The molecule has 0 saturated heterocycles. The van der Waals surface area contributed by atoms with E-state index in [4.69, 9.17) is 5.73 Å². The number of halogens is 3. The topological polar surface area (TPSA) is 75.3 Å². The van der Waals surface area contributed by atoms with Gasteiger partial charge in [0.05, 0.1) is 0 Å². The third-order valence-corrected chi connectivity index (χ3v) is 4.03. The molecule has 0 aliphatic heterocycles. The Morgan fingerprint density at radius 3 is 2.16 bits per heavy atom. The number of aryl methyl sites for hydroxylation is 2. The minimum atomic E-state index is -4.81. The molecule has 0 fully saturated rings. The summed E-state index contributed by atoms with van der Waals surface area (Å²) >= 11 is 0. The first-order chi connectivity index (χ1) is 11.4. The second-order valence-corrected chi connectivity index (χ2v) is 6.13. The largest absolute Gasteiger partial charge is 0.421 e. The van der Waals surface area contributed by atoms with E-state index in [1.807, 2.05) is 0 Å². The number of carbonyl (C=O) groups excluding carboxylic acids is 1. The first kappa shape index (κ1) is 18.8. The van der Waals surface area contributed by atoms with Gasteiger partial charge in [0, 0.05) is 16.9 Å². The van der Waals surface area contributed by atoms with Crippen LogP contribution in [0.25, 0.3) is 0 Å². The van der Waals surface area contributed by atoms with Gasteiger partial charge in [-0.2, -0.15) is 13.2 Å². The smallest absolute Gasteiger partial charge is 0.399 e. The molecular formula is C18H19F3N2O2. The molecule has 0 aromatic heterocycles. The van der Waals surface area contributed by atoms with Crippen LogP contribution in [0.5, 0.6) is 0 Å². The average Bonchev–Trinajstić information content (AvgIpc) is 2.49. The zero-order valence-corrected chi connectivity index (χ0v) is 14.0. The van der Waals surface area contributed by atoms with Gasteiger partial charge in [0.1, 0.15) is 0 Å². The number of anilines is 2. The lowest BCUT2D eigenvalue weighted by Crippen LogP contribution is -2.39. The number of nitrogens with one attached hydrogen (secondary N) is 1. The van der Waals surface area contributed by atoms with Gasteiger partial charge in [-0.05, 0) is 55.7 Å². The lowest BCUT2D eigenvalue weighted by atomic mass is 9.91. The molecule has 1 unspecified atom stereocenters. The van der Waals surface area contributed by atoms with Crippen molar-refractivity contribution >= 4 is 17.3 Å². The molecule has 4 N–H and O–H groups in total. The van der Waals surface area contributed by atoms with E-state index in [0.717, 1.165) is 0 Å². The van der Waals surface area contributed by atoms with Crippen molar-refractivity contribution in [1.82, 2.24) is 0 Å². The van der Waals surface area contributed by atoms with Crippen LogP contribution in [0.3, 0.4) is 0 Å². The van der Waals surface area contributed by atoms with Crippen LogP contribution in [-0.4, -0.2) is 17.2 Å². The second kappa shape index (κ2) is 6.40. The number of benzene rings is 2. The Bertz CT molecular complexity index is 791. The predicted molar refractivity (Wildman–Crippen MR) is 90.3 cm³/mol. The van der Waals surface area contributed by atoms with Crippen LogP contribution in [0, 0.1) is 13.8 Å². The van der Waals surface area contributed by atoms with E-state index < -0.39 is 17.7 Å². The minimum Gasteiger partial charge on any atom is -0.399 e. The highest BCUT2D eigenvalue weighted by molar-refractivity contribution is 6.05. The van der Waals surface area contributed by atoms with Crippen molar-refractivity contribution in [3.05, 3.63) is 58.7 Å². The Balaban J connectivity index is 2.37. The highest BCUT2D eigenvalue weighted by Crippen LogP contribution is 2.40. The van der Waals surface area contributed by atoms with E-state index in [0.29, 0.717) is 35.0 Å². The molecule has 0 saturated carbocycles. The normalized spacial score (nSPS) is 14.0. The summed E-state index contributed by atoms with van der Waals surface area (Å²) in [4.78, 5) is 12.3. The Hall–Kier alpha value is -2.54. The molecular weight excluding hydrogens is 333 g/mol. The molecule has 2 aromatic rings. The van der Waals surface area contributed by atoms with E-state index >= 15 is 0 Å². The molecule has 134 valence electrons. The third-order valence-electron chi connectivity index (χ3n) is 4.03. The first-order valence-electron chi connectivity index (χ1n) is 7.51. The Morgan fingerprint density at radius 1 is 1.12 bits per heavy atom. The fraction of sp³-hybridized carbons (Fsp3) is 0.278. The number of nitrogens with two attached hydrogens (primary N) is 1. The van der Waals surface area contributed by atoms with Crippen molar-refractivity contribution in [3.8, 4) is 0 Å². The van der Waals surface area contributed by atoms with Crippen molar-refractivity contribution in [2.75, 3.05) is 11.1 Å². The second-order valence-electron chi connectivity index (χ2n) is 6.13. The maximum Gasteiger partial charge on any atom is 0.421 e. The van der Waals surface area contributed by atoms with Crippen molar-refractivity contribution in [2.45, 2.75) is 32.5 Å². The number of hydrogen-bond acceptors (Lipinski definition) is 3. The van der Waals surface area contributed by atoms with Crippen molar-refractivity contribution in [3.63, 3.8) is 0 Å². The standard InChI is InChI=1S/C18H19F3N2O2/c1-10-7-13(17(3,25)18(19,20)21)8-11(2)15(10)23-16(24)12-5-4-6-14(22)9-12/h4-9,25H,22H2,1-3H3,(H,23,24). The van der Waals surface area contributed by atoms with Gasteiger partial charge >= 0.3 is 6.18 Å². The lowest BCUT2D eigenvalue weighted by molar-refractivity contribution is -0.258. The molecule has 1 amide bonds. The molecule has 0 heterocycles. The van der Waals surface area contributed by atoms with E-state index in [1.165, 1.54) is 18.2 Å². The summed E-state index contributed by atoms with van der Waals surface area (Å²) in [6.07, 6.45) is -4.81. The van der Waals surface area contributed by atoms with Gasteiger partial charge in [0.15, 0.2) is 5.60 Å². The van der Waals surface area contributed by atoms with Gasteiger partial charge in [-0.1, -0.05) is 18.2 Å². The van der Waals surface area contributed by atoms with Crippen molar-refractivity contribution < 1.29 is 23.1 Å². The average molecular weight is 352 g/mol. The highest BCUT2D eigenvalue weighted by Gasteiger charge is 2.51. The number of rotatable bonds is 3. The summed E-state index contributed by atoms with van der Waals surface area (Å²) in [5.74, 6) is -0.422. The number of amides is 1. The number of hydrogen-bond donors (Lipinski definition) is 3. The monoisotopic (exact) mass is 352 g/mol. The molecule has 0 aliphatic rings. The lowest BCUT2D eigenvalue weighted by Gasteiger charge is -2.28. The SMILES string of the molecule is Cc1cc(C(C)(O)C(F)(F)F)cc(C)c1NC(=O)c1cccc(N)c1. The summed E-state index contributed by atoms with van der Waals surface area (Å²) in [5.41, 5.74) is 4.38. The zero-order valence-electron chi connectivity index (χ0n) is 14.0. The van der Waals surface area contributed by atoms with E-state index in [2.05, 4.69) is 5.32 Å².